The molecule has 1 heterocycles. The molecule has 3 heteroatoms. The molecular weight excluding hydrogens is 352 g/mol. The van der Waals surface area contributed by atoms with Crippen LogP contribution in [0.1, 0.15) is 57.6 Å². The van der Waals surface area contributed by atoms with E-state index in [9.17, 15) is 4.79 Å². The highest BCUT2D eigenvalue weighted by Crippen LogP contribution is 2.39. The van der Waals surface area contributed by atoms with E-state index >= 15 is 0 Å². The number of halogens is 1. The van der Waals surface area contributed by atoms with Crippen molar-refractivity contribution in [1.29, 1.82) is 0 Å². The smallest absolute Gasteiger partial charge is 0.335 e. The number of unbranched alkanes of at least 4 members (excludes halogenated alkanes) is 4. The molecule has 2 nitrogen and oxygen atoms in total. The van der Waals surface area contributed by atoms with E-state index in [0.29, 0.717) is 0 Å². The van der Waals surface area contributed by atoms with Gasteiger partial charge in [0.15, 0.2) is 6.10 Å². The molecule has 1 atom stereocenters. The molecular formula is C20H25BrO2. The number of rotatable bonds is 8. The summed E-state index contributed by atoms with van der Waals surface area (Å²) in [6.07, 6.45) is 8.03. The Morgan fingerprint density at radius 2 is 1.96 bits per heavy atom. The van der Waals surface area contributed by atoms with Gasteiger partial charge in [-0.1, -0.05) is 78.5 Å². The lowest BCUT2D eigenvalue weighted by Gasteiger charge is -2.16. The minimum absolute atomic E-state index is 0.202. The molecule has 0 N–H and O–H groups in total. The van der Waals surface area contributed by atoms with Crippen molar-refractivity contribution >= 4 is 21.9 Å². The van der Waals surface area contributed by atoms with Crippen LogP contribution in [0.15, 0.2) is 53.1 Å². The molecule has 124 valence electrons. The number of carbonyl (C=O) groups excluding carboxylic acids is 1. The zero-order valence-corrected chi connectivity index (χ0v) is 15.6. The van der Waals surface area contributed by atoms with Crippen LogP contribution in [0.2, 0.25) is 0 Å². The van der Waals surface area contributed by atoms with Crippen LogP contribution in [0.5, 0.6) is 0 Å². The van der Waals surface area contributed by atoms with Crippen molar-refractivity contribution in [2.24, 2.45) is 0 Å². The van der Waals surface area contributed by atoms with Crippen molar-refractivity contribution in [3.05, 3.63) is 58.7 Å². The molecule has 0 spiro atoms. The monoisotopic (exact) mass is 376 g/mol. The molecule has 0 saturated carbocycles. The van der Waals surface area contributed by atoms with Crippen LogP contribution < -0.4 is 0 Å². The molecule has 2 rings (SSSR count). The van der Waals surface area contributed by atoms with Crippen LogP contribution in [0.25, 0.3) is 0 Å². The third kappa shape index (κ3) is 4.57. The molecule has 0 aliphatic carbocycles. The minimum atomic E-state index is -0.275. The second-order valence-corrected chi connectivity index (χ2v) is 6.51. The van der Waals surface area contributed by atoms with Gasteiger partial charge in [-0.15, -0.1) is 0 Å². The molecule has 1 aliphatic heterocycles. The average molecular weight is 377 g/mol. The molecule has 23 heavy (non-hydrogen) atoms. The van der Waals surface area contributed by atoms with Gasteiger partial charge in [-0.2, -0.15) is 0 Å². The van der Waals surface area contributed by atoms with Crippen molar-refractivity contribution in [2.45, 2.75) is 52.1 Å². The Morgan fingerprint density at radius 1 is 1.22 bits per heavy atom. The maximum Gasteiger partial charge on any atom is 0.335 e. The quantitative estimate of drug-likeness (QED) is 0.321. The van der Waals surface area contributed by atoms with E-state index < -0.39 is 0 Å². The van der Waals surface area contributed by atoms with Gasteiger partial charge in [0, 0.05) is 16.5 Å². The van der Waals surface area contributed by atoms with Crippen LogP contribution in [0.3, 0.4) is 0 Å². The van der Waals surface area contributed by atoms with E-state index in [1.54, 1.807) is 0 Å². The van der Waals surface area contributed by atoms with E-state index in [0.717, 1.165) is 28.5 Å². The molecule has 0 fully saturated rings. The molecule has 1 aliphatic rings. The summed E-state index contributed by atoms with van der Waals surface area (Å²) in [5.41, 5.74) is 3.98. The number of hydrogen-bond acceptors (Lipinski definition) is 2. The first-order valence-electron chi connectivity index (χ1n) is 8.41. The molecule has 0 amide bonds. The Morgan fingerprint density at radius 3 is 2.61 bits per heavy atom. The predicted molar refractivity (Wildman–Crippen MR) is 98.6 cm³/mol. The SMILES string of the molecule is CCCCCC/C=C(\CBr)C1=C(C)C(=O)O[C@@H]1c1ccccc1. The van der Waals surface area contributed by atoms with Gasteiger partial charge in [0.1, 0.15) is 0 Å². The lowest BCUT2D eigenvalue weighted by atomic mass is 9.93. The summed E-state index contributed by atoms with van der Waals surface area (Å²) in [4.78, 5) is 12.1. The normalized spacial score (nSPS) is 18.5. The Labute approximate surface area is 147 Å². The third-order valence-electron chi connectivity index (χ3n) is 4.24. The van der Waals surface area contributed by atoms with Gasteiger partial charge < -0.3 is 4.74 Å². The summed E-state index contributed by atoms with van der Waals surface area (Å²) in [6, 6.07) is 9.98. The zero-order chi connectivity index (χ0) is 16.7. The van der Waals surface area contributed by atoms with Crippen molar-refractivity contribution in [3.8, 4) is 0 Å². The number of allylic oxidation sites excluding steroid dienone is 1. The van der Waals surface area contributed by atoms with Crippen LogP contribution in [0.4, 0.5) is 0 Å². The van der Waals surface area contributed by atoms with Crippen LogP contribution in [-0.4, -0.2) is 11.3 Å². The van der Waals surface area contributed by atoms with Gasteiger partial charge in [-0.05, 0) is 30.9 Å². The van der Waals surface area contributed by atoms with Gasteiger partial charge in [-0.3, -0.25) is 0 Å². The Bertz CT molecular complexity index is 587. The summed E-state index contributed by atoms with van der Waals surface area (Å²) in [5, 5.41) is 0.743. The highest BCUT2D eigenvalue weighted by molar-refractivity contribution is 9.09. The highest BCUT2D eigenvalue weighted by atomic mass is 79.9. The summed E-state index contributed by atoms with van der Waals surface area (Å²) in [6.45, 7) is 4.09. The standard InChI is InChI=1S/C20H25BrO2/c1-3-4-5-6-8-13-17(14-21)18-15(2)20(22)23-19(18)16-11-9-7-10-12-16/h7,9-13,19H,3-6,8,14H2,1-2H3/b17-13+/t19-/m1/s1. The van der Waals surface area contributed by atoms with Crippen LogP contribution in [-0.2, 0) is 9.53 Å². The van der Waals surface area contributed by atoms with Gasteiger partial charge in [0.2, 0.25) is 0 Å². The largest absolute Gasteiger partial charge is 0.449 e. The summed E-state index contributed by atoms with van der Waals surface area (Å²) < 4.78 is 5.63. The first-order valence-corrected chi connectivity index (χ1v) is 9.53. The van der Waals surface area contributed by atoms with E-state index in [2.05, 4.69) is 28.9 Å². The number of cyclic esters (lactones) is 1. The van der Waals surface area contributed by atoms with Crippen molar-refractivity contribution in [3.63, 3.8) is 0 Å². The molecule has 0 bridgehead atoms. The number of carbonyl (C=O) groups is 1. The molecule has 0 unspecified atom stereocenters. The fourth-order valence-electron chi connectivity index (χ4n) is 2.92. The van der Waals surface area contributed by atoms with Gasteiger partial charge in [0.05, 0.1) is 0 Å². The van der Waals surface area contributed by atoms with Crippen molar-refractivity contribution in [2.75, 3.05) is 5.33 Å². The molecule has 1 aromatic carbocycles. The van der Waals surface area contributed by atoms with E-state index in [-0.39, 0.29) is 12.1 Å². The molecule has 0 radical (unpaired) electrons. The Hall–Kier alpha value is -1.35. The number of hydrogen-bond donors (Lipinski definition) is 0. The second kappa shape index (κ2) is 9.07. The van der Waals surface area contributed by atoms with E-state index in [1.165, 1.54) is 31.3 Å². The summed E-state index contributed by atoms with van der Waals surface area (Å²) in [7, 11) is 0. The van der Waals surface area contributed by atoms with Gasteiger partial charge in [-0.25, -0.2) is 4.79 Å². The van der Waals surface area contributed by atoms with Crippen LogP contribution in [0, 0.1) is 0 Å². The third-order valence-corrected chi connectivity index (χ3v) is 4.84. The average Bonchev–Trinajstić information content (AvgIpc) is 2.87. The lowest BCUT2D eigenvalue weighted by Crippen LogP contribution is -2.05. The van der Waals surface area contributed by atoms with Crippen molar-refractivity contribution < 1.29 is 9.53 Å². The lowest BCUT2D eigenvalue weighted by molar-refractivity contribution is -0.139. The minimum Gasteiger partial charge on any atom is -0.449 e. The Kier molecular flexibility index (Phi) is 7.10. The zero-order valence-electron chi connectivity index (χ0n) is 14.0. The fraction of sp³-hybridized carbons (Fsp3) is 0.450. The predicted octanol–water partition coefficient (Wildman–Crippen LogP) is 5.89. The fourth-order valence-corrected chi connectivity index (χ4v) is 3.45. The number of esters is 1. The molecule has 1 aromatic rings. The first kappa shape index (κ1) is 18.0. The highest BCUT2D eigenvalue weighted by Gasteiger charge is 2.33. The topological polar surface area (TPSA) is 26.3 Å². The maximum atomic E-state index is 12.1. The first-order chi connectivity index (χ1) is 11.2. The number of benzene rings is 1. The van der Waals surface area contributed by atoms with E-state index in [4.69, 9.17) is 4.74 Å². The van der Waals surface area contributed by atoms with Gasteiger partial charge >= 0.3 is 5.97 Å². The van der Waals surface area contributed by atoms with Gasteiger partial charge in [0.25, 0.3) is 0 Å². The second-order valence-electron chi connectivity index (χ2n) is 5.95. The maximum absolute atomic E-state index is 12.1. The number of alkyl halides is 1. The molecule has 0 saturated heterocycles. The molecule has 0 aromatic heterocycles. The van der Waals surface area contributed by atoms with E-state index in [1.807, 2.05) is 37.3 Å². The van der Waals surface area contributed by atoms with Crippen molar-refractivity contribution in [1.82, 2.24) is 0 Å². The summed E-state index contributed by atoms with van der Waals surface area (Å²) >= 11 is 3.59. The summed E-state index contributed by atoms with van der Waals surface area (Å²) in [5.74, 6) is -0.202. The van der Waals surface area contributed by atoms with Crippen LogP contribution >= 0.6 is 15.9 Å². The number of ether oxygens (including phenoxy) is 1. The Balaban J connectivity index is 2.20.